The van der Waals surface area contributed by atoms with Gasteiger partial charge in [-0.3, -0.25) is 0 Å². The molecule has 15 heavy (non-hydrogen) atoms. The van der Waals surface area contributed by atoms with E-state index in [0.717, 1.165) is 5.69 Å². The molecule has 0 saturated carbocycles. The molecule has 0 atom stereocenters. The number of halogens is 1. The summed E-state index contributed by atoms with van der Waals surface area (Å²) in [6.45, 7) is 1.80. The van der Waals surface area contributed by atoms with Crippen LogP contribution in [0.25, 0.3) is 5.69 Å². The van der Waals surface area contributed by atoms with Crippen LogP contribution in [0.15, 0.2) is 18.5 Å². The monoisotopic (exact) mass is 208 g/mol. The minimum Gasteiger partial charge on any atom is -0.479 e. The lowest BCUT2D eigenvalue weighted by Gasteiger charge is -2.02. The molecule has 0 fully saturated rings. The molecule has 2 rings (SSSR count). The standard InChI is InChI=1S/C9H9FN4O/c1-6-4-12-14(13-6)7-3-8(10)9(15-2)11-5-7/h3-5H,1-2H3. The molecule has 6 heteroatoms. The van der Waals surface area contributed by atoms with Crippen LogP contribution >= 0.6 is 0 Å². The Hall–Kier alpha value is -1.98. The molecule has 2 aromatic rings. The summed E-state index contributed by atoms with van der Waals surface area (Å²) in [4.78, 5) is 5.09. The van der Waals surface area contributed by atoms with Gasteiger partial charge in [-0.2, -0.15) is 10.2 Å². The van der Waals surface area contributed by atoms with Crippen molar-refractivity contribution < 1.29 is 9.13 Å². The highest BCUT2D eigenvalue weighted by molar-refractivity contribution is 5.30. The molecule has 0 N–H and O–H groups in total. The Morgan fingerprint density at radius 3 is 2.73 bits per heavy atom. The van der Waals surface area contributed by atoms with E-state index in [4.69, 9.17) is 4.74 Å². The number of methoxy groups -OCH3 is 1. The largest absolute Gasteiger partial charge is 0.479 e. The van der Waals surface area contributed by atoms with Crippen LogP contribution in [-0.2, 0) is 0 Å². The molecule has 2 aromatic heterocycles. The van der Waals surface area contributed by atoms with Gasteiger partial charge in [0.25, 0.3) is 0 Å². The van der Waals surface area contributed by atoms with Crippen LogP contribution in [0.2, 0.25) is 0 Å². The smallest absolute Gasteiger partial charge is 0.250 e. The lowest BCUT2D eigenvalue weighted by molar-refractivity contribution is 0.368. The molecule has 0 bridgehead atoms. The van der Waals surface area contributed by atoms with Gasteiger partial charge in [0, 0.05) is 6.07 Å². The summed E-state index contributed by atoms with van der Waals surface area (Å²) >= 11 is 0. The third-order valence-electron chi connectivity index (χ3n) is 1.82. The molecule has 0 spiro atoms. The maximum atomic E-state index is 13.3. The predicted octanol–water partition coefficient (Wildman–Crippen LogP) is 1.12. The van der Waals surface area contributed by atoms with Crippen LogP contribution in [-0.4, -0.2) is 27.1 Å². The molecule has 78 valence electrons. The van der Waals surface area contributed by atoms with E-state index in [0.29, 0.717) is 5.69 Å². The zero-order valence-electron chi connectivity index (χ0n) is 8.31. The zero-order chi connectivity index (χ0) is 10.8. The Kier molecular flexibility index (Phi) is 2.32. The first kappa shape index (κ1) is 9.57. The van der Waals surface area contributed by atoms with Crippen molar-refractivity contribution in [2.75, 3.05) is 7.11 Å². The molecule has 0 amide bonds. The van der Waals surface area contributed by atoms with Crippen LogP contribution in [0.3, 0.4) is 0 Å². The highest BCUT2D eigenvalue weighted by atomic mass is 19.1. The second-order valence-corrected chi connectivity index (χ2v) is 2.96. The summed E-state index contributed by atoms with van der Waals surface area (Å²) in [5.41, 5.74) is 1.22. The summed E-state index contributed by atoms with van der Waals surface area (Å²) in [7, 11) is 1.36. The molecule has 0 aromatic carbocycles. The molecular formula is C9H9FN4O. The number of hydrogen-bond acceptors (Lipinski definition) is 4. The van der Waals surface area contributed by atoms with Crippen molar-refractivity contribution >= 4 is 0 Å². The van der Waals surface area contributed by atoms with Crippen LogP contribution in [0.5, 0.6) is 5.88 Å². The van der Waals surface area contributed by atoms with Crippen molar-refractivity contribution in [1.82, 2.24) is 20.0 Å². The summed E-state index contributed by atoms with van der Waals surface area (Å²) in [6.07, 6.45) is 3.03. The fourth-order valence-electron chi connectivity index (χ4n) is 1.14. The number of nitrogens with zero attached hydrogens (tertiary/aromatic N) is 4. The third kappa shape index (κ3) is 1.78. The topological polar surface area (TPSA) is 52.8 Å². The maximum absolute atomic E-state index is 13.3. The summed E-state index contributed by atoms with van der Waals surface area (Å²) in [5, 5.41) is 7.98. The van der Waals surface area contributed by atoms with Gasteiger partial charge in [-0.1, -0.05) is 0 Å². The van der Waals surface area contributed by atoms with E-state index in [1.807, 2.05) is 0 Å². The first-order chi connectivity index (χ1) is 7.20. The molecule has 0 unspecified atom stereocenters. The average Bonchev–Trinajstić information content (AvgIpc) is 2.65. The lowest BCUT2D eigenvalue weighted by Crippen LogP contribution is -2.01. The van der Waals surface area contributed by atoms with E-state index < -0.39 is 5.82 Å². The molecular weight excluding hydrogens is 199 g/mol. The van der Waals surface area contributed by atoms with E-state index in [-0.39, 0.29) is 5.88 Å². The Morgan fingerprint density at radius 1 is 1.40 bits per heavy atom. The highest BCUT2D eigenvalue weighted by Crippen LogP contribution is 2.15. The van der Waals surface area contributed by atoms with E-state index in [1.165, 1.54) is 24.2 Å². The first-order valence-electron chi connectivity index (χ1n) is 4.29. The number of hydrogen-bond donors (Lipinski definition) is 0. The van der Waals surface area contributed by atoms with Crippen LogP contribution < -0.4 is 4.74 Å². The van der Waals surface area contributed by atoms with Crippen LogP contribution in [0, 0.1) is 12.7 Å². The lowest BCUT2D eigenvalue weighted by atomic mass is 10.4. The first-order valence-corrected chi connectivity index (χ1v) is 4.29. The summed E-state index contributed by atoms with van der Waals surface area (Å²) < 4.78 is 18.0. The molecule has 2 heterocycles. The Morgan fingerprint density at radius 2 is 2.20 bits per heavy atom. The fourth-order valence-corrected chi connectivity index (χ4v) is 1.14. The maximum Gasteiger partial charge on any atom is 0.250 e. The van der Waals surface area contributed by atoms with Gasteiger partial charge in [0.1, 0.15) is 5.69 Å². The highest BCUT2D eigenvalue weighted by Gasteiger charge is 2.07. The quantitative estimate of drug-likeness (QED) is 0.742. The van der Waals surface area contributed by atoms with Crippen molar-refractivity contribution in [2.24, 2.45) is 0 Å². The van der Waals surface area contributed by atoms with E-state index in [2.05, 4.69) is 15.2 Å². The molecule has 0 aliphatic rings. The average molecular weight is 208 g/mol. The van der Waals surface area contributed by atoms with E-state index in [9.17, 15) is 4.39 Å². The van der Waals surface area contributed by atoms with Gasteiger partial charge in [0.2, 0.25) is 5.88 Å². The Balaban J connectivity index is 2.42. The van der Waals surface area contributed by atoms with E-state index >= 15 is 0 Å². The third-order valence-corrected chi connectivity index (χ3v) is 1.82. The molecule has 0 saturated heterocycles. The number of aromatic nitrogens is 4. The van der Waals surface area contributed by atoms with Crippen LogP contribution in [0.4, 0.5) is 4.39 Å². The van der Waals surface area contributed by atoms with E-state index in [1.54, 1.807) is 13.1 Å². The number of ether oxygens (including phenoxy) is 1. The van der Waals surface area contributed by atoms with Crippen LogP contribution in [0.1, 0.15) is 5.69 Å². The molecule has 0 aliphatic heterocycles. The number of pyridine rings is 1. The molecule has 5 nitrogen and oxygen atoms in total. The van der Waals surface area contributed by atoms with Gasteiger partial charge in [0.15, 0.2) is 5.82 Å². The SMILES string of the molecule is COc1ncc(-n2ncc(C)n2)cc1F. The Bertz CT molecular complexity index is 483. The minimum absolute atomic E-state index is 0.0392. The van der Waals surface area contributed by atoms with Crippen molar-refractivity contribution in [3.63, 3.8) is 0 Å². The van der Waals surface area contributed by atoms with Crippen molar-refractivity contribution in [2.45, 2.75) is 6.92 Å². The zero-order valence-corrected chi connectivity index (χ0v) is 8.31. The fraction of sp³-hybridized carbons (Fsp3) is 0.222. The molecule has 0 radical (unpaired) electrons. The van der Waals surface area contributed by atoms with Gasteiger partial charge >= 0.3 is 0 Å². The number of aryl methyl sites for hydroxylation is 1. The van der Waals surface area contributed by atoms with Gasteiger partial charge in [-0.15, -0.1) is 4.80 Å². The van der Waals surface area contributed by atoms with Gasteiger partial charge in [-0.05, 0) is 6.92 Å². The van der Waals surface area contributed by atoms with Crippen molar-refractivity contribution in [3.8, 4) is 11.6 Å². The van der Waals surface area contributed by atoms with Crippen molar-refractivity contribution in [1.29, 1.82) is 0 Å². The van der Waals surface area contributed by atoms with Gasteiger partial charge in [0.05, 0.1) is 25.2 Å². The second-order valence-electron chi connectivity index (χ2n) is 2.96. The van der Waals surface area contributed by atoms with Gasteiger partial charge < -0.3 is 4.74 Å². The van der Waals surface area contributed by atoms with Crippen molar-refractivity contribution in [3.05, 3.63) is 30.0 Å². The van der Waals surface area contributed by atoms with Gasteiger partial charge in [-0.25, -0.2) is 9.37 Å². The minimum atomic E-state index is -0.537. The normalized spacial score (nSPS) is 10.3. The second kappa shape index (κ2) is 3.64. The Labute approximate surface area is 85.5 Å². The molecule has 0 aliphatic carbocycles. The summed E-state index contributed by atoms with van der Waals surface area (Å²) in [5.74, 6) is -0.576. The number of rotatable bonds is 2. The summed E-state index contributed by atoms with van der Waals surface area (Å²) in [6, 6.07) is 1.27. The predicted molar refractivity (Wildman–Crippen MR) is 50.4 cm³/mol.